The number of rotatable bonds is 3. The van der Waals surface area contributed by atoms with E-state index in [1.54, 1.807) is 28.6 Å². The number of aromatic nitrogens is 2. The average molecular weight is 452 g/mol. The molecule has 0 saturated carbocycles. The van der Waals surface area contributed by atoms with Crippen molar-refractivity contribution in [3.05, 3.63) is 80.7 Å². The minimum absolute atomic E-state index is 0.111. The SMILES string of the molecule is Cc1cc(=O)c(C(=O)N2CCCC2c2ccc3c(c2)OCCO3)nn1-c1ccccc1Cl. The summed E-state index contributed by atoms with van der Waals surface area (Å²) < 4.78 is 12.9. The van der Waals surface area contributed by atoms with E-state index >= 15 is 0 Å². The van der Waals surface area contributed by atoms with E-state index < -0.39 is 5.43 Å². The van der Waals surface area contributed by atoms with E-state index in [4.69, 9.17) is 21.1 Å². The fourth-order valence-corrected chi connectivity index (χ4v) is 4.54. The predicted molar refractivity (Wildman–Crippen MR) is 120 cm³/mol. The zero-order valence-corrected chi connectivity index (χ0v) is 18.3. The van der Waals surface area contributed by atoms with Crippen LogP contribution < -0.4 is 14.9 Å². The Labute approximate surface area is 190 Å². The lowest BCUT2D eigenvalue weighted by Crippen LogP contribution is -2.36. The summed E-state index contributed by atoms with van der Waals surface area (Å²) in [6.07, 6.45) is 1.64. The second-order valence-electron chi connectivity index (χ2n) is 7.92. The Morgan fingerprint density at radius 3 is 2.69 bits per heavy atom. The van der Waals surface area contributed by atoms with Gasteiger partial charge in [0.05, 0.1) is 16.8 Å². The molecule has 3 aromatic rings. The first-order valence-electron chi connectivity index (χ1n) is 10.6. The third-order valence-corrected chi connectivity index (χ3v) is 6.17. The van der Waals surface area contributed by atoms with Crippen molar-refractivity contribution in [2.45, 2.75) is 25.8 Å². The van der Waals surface area contributed by atoms with Gasteiger partial charge in [0.15, 0.2) is 17.2 Å². The van der Waals surface area contributed by atoms with Crippen LogP contribution in [0.25, 0.3) is 5.69 Å². The minimum atomic E-state index is -0.399. The first-order chi connectivity index (χ1) is 15.5. The van der Waals surface area contributed by atoms with Gasteiger partial charge in [-0.15, -0.1) is 0 Å². The van der Waals surface area contributed by atoms with Gasteiger partial charge in [-0.25, -0.2) is 4.68 Å². The van der Waals surface area contributed by atoms with Crippen molar-refractivity contribution >= 4 is 17.5 Å². The number of hydrogen-bond acceptors (Lipinski definition) is 5. The average Bonchev–Trinajstić information content (AvgIpc) is 3.29. The van der Waals surface area contributed by atoms with Gasteiger partial charge in [-0.05, 0) is 49.6 Å². The molecule has 1 unspecified atom stereocenters. The number of likely N-dealkylation sites (tertiary alicyclic amines) is 1. The number of halogens is 1. The molecule has 5 rings (SSSR count). The van der Waals surface area contributed by atoms with Gasteiger partial charge in [-0.1, -0.05) is 29.8 Å². The van der Waals surface area contributed by atoms with Gasteiger partial charge in [0.25, 0.3) is 5.91 Å². The number of fused-ring (bicyclic) bond motifs is 1. The highest BCUT2D eigenvalue weighted by Gasteiger charge is 2.33. The lowest BCUT2D eigenvalue weighted by Gasteiger charge is -2.26. The highest BCUT2D eigenvalue weighted by molar-refractivity contribution is 6.32. The van der Waals surface area contributed by atoms with E-state index in [2.05, 4.69) is 5.10 Å². The molecule has 2 aromatic carbocycles. The molecule has 3 heterocycles. The van der Waals surface area contributed by atoms with Gasteiger partial charge < -0.3 is 14.4 Å². The standard InChI is InChI=1S/C24H22ClN3O4/c1-15-13-20(29)23(26-28(15)19-6-3-2-5-17(19)25)24(30)27-10-4-7-18(27)16-8-9-21-22(14-16)32-12-11-31-21/h2-3,5-6,8-9,13-14,18H,4,7,10-12H2,1H3. The number of benzene rings is 2. The Morgan fingerprint density at radius 2 is 1.88 bits per heavy atom. The van der Waals surface area contributed by atoms with Crippen molar-refractivity contribution in [2.24, 2.45) is 0 Å². The van der Waals surface area contributed by atoms with Crippen LogP contribution in [0.5, 0.6) is 11.5 Å². The summed E-state index contributed by atoms with van der Waals surface area (Å²) in [7, 11) is 0. The van der Waals surface area contributed by atoms with E-state index in [0.29, 0.717) is 47.7 Å². The fourth-order valence-electron chi connectivity index (χ4n) is 4.32. The summed E-state index contributed by atoms with van der Waals surface area (Å²) in [6.45, 7) is 3.34. The van der Waals surface area contributed by atoms with Crippen LogP contribution in [-0.2, 0) is 0 Å². The molecular formula is C24H22ClN3O4. The number of carbonyl (C=O) groups is 1. The Hall–Kier alpha value is -3.32. The van der Waals surface area contributed by atoms with Crippen molar-refractivity contribution in [1.29, 1.82) is 0 Å². The normalized spacial score (nSPS) is 17.4. The molecule has 0 spiro atoms. The molecule has 0 bridgehead atoms. The van der Waals surface area contributed by atoms with Crippen molar-refractivity contribution in [3.8, 4) is 17.2 Å². The Morgan fingerprint density at radius 1 is 1.09 bits per heavy atom. The molecule has 2 aliphatic rings. The van der Waals surface area contributed by atoms with Crippen LogP contribution in [0.15, 0.2) is 53.3 Å². The number of para-hydroxylation sites is 1. The van der Waals surface area contributed by atoms with Crippen molar-refractivity contribution in [1.82, 2.24) is 14.7 Å². The van der Waals surface area contributed by atoms with Gasteiger partial charge in [0.2, 0.25) is 5.43 Å². The third-order valence-electron chi connectivity index (χ3n) is 5.86. The number of ether oxygens (including phenoxy) is 2. The molecule has 164 valence electrons. The predicted octanol–water partition coefficient (Wildman–Crippen LogP) is 3.94. The number of amides is 1. The maximum Gasteiger partial charge on any atom is 0.278 e. The van der Waals surface area contributed by atoms with Crippen molar-refractivity contribution in [2.75, 3.05) is 19.8 Å². The summed E-state index contributed by atoms with van der Waals surface area (Å²) in [6, 6.07) is 14.2. The molecule has 1 amide bonds. The first kappa shape index (κ1) is 20.6. The van der Waals surface area contributed by atoms with E-state index in [1.165, 1.54) is 6.07 Å². The fraction of sp³-hybridized carbons (Fsp3) is 0.292. The van der Waals surface area contributed by atoms with Crippen LogP contribution in [0.4, 0.5) is 0 Å². The lowest BCUT2D eigenvalue weighted by molar-refractivity contribution is 0.0725. The number of carbonyl (C=O) groups excluding carboxylic acids is 1. The van der Waals surface area contributed by atoms with Crippen LogP contribution in [0, 0.1) is 6.92 Å². The second-order valence-corrected chi connectivity index (χ2v) is 8.33. The molecule has 0 N–H and O–H groups in total. The molecular weight excluding hydrogens is 430 g/mol. The van der Waals surface area contributed by atoms with E-state index in [9.17, 15) is 9.59 Å². The highest BCUT2D eigenvalue weighted by Crippen LogP contribution is 2.38. The molecule has 1 fully saturated rings. The lowest BCUT2D eigenvalue weighted by atomic mass is 10.0. The third kappa shape index (κ3) is 3.62. The Balaban J connectivity index is 1.50. The molecule has 8 heteroatoms. The Bertz CT molecular complexity index is 1260. The number of aryl methyl sites for hydroxylation is 1. The van der Waals surface area contributed by atoms with Crippen LogP contribution in [0.2, 0.25) is 5.02 Å². The highest BCUT2D eigenvalue weighted by atomic mass is 35.5. The largest absolute Gasteiger partial charge is 0.486 e. The zero-order valence-electron chi connectivity index (χ0n) is 17.6. The molecule has 2 aliphatic heterocycles. The number of nitrogens with zero attached hydrogens (tertiary/aromatic N) is 3. The number of hydrogen-bond donors (Lipinski definition) is 0. The van der Waals surface area contributed by atoms with Crippen LogP contribution in [0.3, 0.4) is 0 Å². The molecule has 1 atom stereocenters. The summed E-state index contributed by atoms with van der Waals surface area (Å²) in [5, 5.41) is 4.92. The molecule has 0 aliphatic carbocycles. The van der Waals surface area contributed by atoms with Crippen molar-refractivity contribution in [3.63, 3.8) is 0 Å². The molecule has 32 heavy (non-hydrogen) atoms. The molecule has 1 aromatic heterocycles. The molecule has 7 nitrogen and oxygen atoms in total. The van der Waals surface area contributed by atoms with Crippen molar-refractivity contribution < 1.29 is 14.3 Å². The topological polar surface area (TPSA) is 73.7 Å². The first-order valence-corrected chi connectivity index (χ1v) is 11.0. The van der Waals surface area contributed by atoms with Crippen LogP contribution in [-0.4, -0.2) is 40.3 Å². The van der Waals surface area contributed by atoms with Gasteiger partial charge in [0, 0.05) is 18.3 Å². The quantitative estimate of drug-likeness (QED) is 0.603. The van der Waals surface area contributed by atoms with Gasteiger partial charge >= 0.3 is 0 Å². The summed E-state index contributed by atoms with van der Waals surface area (Å²) >= 11 is 6.33. The Kier molecular flexibility index (Phi) is 5.35. The summed E-state index contributed by atoms with van der Waals surface area (Å²) in [4.78, 5) is 28.0. The maximum absolute atomic E-state index is 13.5. The molecule has 0 radical (unpaired) electrons. The summed E-state index contributed by atoms with van der Waals surface area (Å²) in [5.74, 6) is 1.01. The summed E-state index contributed by atoms with van der Waals surface area (Å²) in [5.41, 5.74) is 1.66. The van der Waals surface area contributed by atoms with Gasteiger partial charge in [-0.2, -0.15) is 5.10 Å². The van der Waals surface area contributed by atoms with Crippen LogP contribution >= 0.6 is 11.6 Å². The maximum atomic E-state index is 13.5. The molecule has 1 saturated heterocycles. The minimum Gasteiger partial charge on any atom is -0.486 e. The monoisotopic (exact) mass is 451 g/mol. The zero-order chi connectivity index (χ0) is 22.2. The van der Waals surface area contributed by atoms with Crippen LogP contribution in [0.1, 0.15) is 40.6 Å². The smallest absolute Gasteiger partial charge is 0.278 e. The van der Waals surface area contributed by atoms with E-state index in [-0.39, 0.29) is 17.6 Å². The second kappa shape index (κ2) is 8.31. The van der Waals surface area contributed by atoms with E-state index in [0.717, 1.165) is 18.4 Å². The van der Waals surface area contributed by atoms with Gasteiger partial charge in [0.1, 0.15) is 13.2 Å². The van der Waals surface area contributed by atoms with E-state index in [1.807, 2.05) is 30.3 Å². The van der Waals surface area contributed by atoms with Gasteiger partial charge in [-0.3, -0.25) is 9.59 Å².